The smallest absolute Gasteiger partial charge is 0.0360 e. The van der Waals surface area contributed by atoms with Gasteiger partial charge in [0.25, 0.3) is 0 Å². The topological polar surface area (TPSA) is 12.0 Å². The van der Waals surface area contributed by atoms with Gasteiger partial charge in [0.2, 0.25) is 0 Å². The van der Waals surface area contributed by atoms with Crippen LogP contribution in [0, 0.1) is 3.57 Å². The summed E-state index contributed by atoms with van der Waals surface area (Å²) in [5.74, 6) is 0. The van der Waals surface area contributed by atoms with E-state index in [4.69, 9.17) is 0 Å². The van der Waals surface area contributed by atoms with Crippen molar-refractivity contribution in [2.24, 2.45) is 0 Å². The molecular formula is C16H18IN. The van der Waals surface area contributed by atoms with Crippen molar-refractivity contribution < 1.29 is 0 Å². The van der Waals surface area contributed by atoms with E-state index in [1.54, 1.807) is 0 Å². The van der Waals surface area contributed by atoms with Crippen molar-refractivity contribution in [3.8, 4) is 0 Å². The van der Waals surface area contributed by atoms with Crippen LogP contribution in [0.4, 0.5) is 0 Å². The average Bonchev–Trinajstić information content (AvgIpc) is 2.42. The second kappa shape index (κ2) is 6.90. The second-order valence-electron chi connectivity index (χ2n) is 4.35. The van der Waals surface area contributed by atoms with Crippen molar-refractivity contribution in [2.45, 2.75) is 19.4 Å². The zero-order chi connectivity index (χ0) is 12.8. The molecule has 0 saturated carbocycles. The highest BCUT2D eigenvalue weighted by atomic mass is 127. The minimum Gasteiger partial charge on any atom is -0.310 e. The molecule has 0 radical (unpaired) electrons. The van der Waals surface area contributed by atoms with Gasteiger partial charge in [-0.05, 0) is 58.8 Å². The van der Waals surface area contributed by atoms with Gasteiger partial charge in [0.15, 0.2) is 0 Å². The number of hydrogen-bond donors (Lipinski definition) is 1. The van der Waals surface area contributed by atoms with E-state index < -0.39 is 0 Å². The Labute approximate surface area is 123 Å². The molecule has 0 aliphatic carbocycles. The molecular weight excluding hydrogens is 333 g/mol. The predicted octanol–water partition coefficient (Wildman–Crippen LogP) is 4.18. The van der Waals surface area contributed by atoms with Crippen LogP contribution in [0.15, 0.2) is 54.6 Å². The Kier molecular flexibility index (Phi) is 5.20. The normalized spacial score (nSPS) is 12.3. The van der Waals surface area contributed by atoms with Gasteiger partial charge < -0.3 is 5.32 Å². The molecule has 0 aromatic heterocycles. The molecule has 1 unspecified atom stereocenters. The molecule has 2 rings (SSSR count). The average molecular weight is 351 g/mol. The van der Waals surface area contributed by atoms with E-state index in [0.29, 0.717) is 6.04 Å². The Balaban J connectivity index is 2.14. The van der Waals surface area contributed by atoms with Crippen molar-refractivity contribution in [1.82, 2.24) is 5.32 Å². The minimum atomic E-state index is 0.399. The van der Waals surface area contributed by atoms with Crippen molar-refractivity contribution in [2.75, 3.05) is 6.54 Å². The molecule has 2 aromatic carbocycles. The monoisotopic (exact) mass is 351 g/mol. The third-order valence-corrected chi connectivity index (χ3v) is 3.72. The Morgan fingerprint density at radius 3 is 2.28 bits per heavy atom. The molecule has 0 spiro atoms. The van der Waals surface area contributed by atoms with Crippen LogP contribution < -0.4 is 5.32 Å². The van der Waals surface area contributed by atoms with Gasteiger partial charge in [-0.15, -0.1) is 0 Å². The van der Waals surface area contributed by atoms with E-state index >= 15 is 0 Å². The zero-order valence-electron chi connectivity index (χ0n) is 10.6. The van der Waals surface area contributed by atoms with Crippen LogP contribution in [-0.2, 0) is 6.42 Å². The lowest BCUT2D eigenvalue weighted by atomic mass is 9.99. The Bertz CT molecular complexity index is 464. The summed E-state index contributed by atoms with van der Waals surface area (Å²) in [6.45, 7) is 3.15. The maximum Gasteiger partial charge on any atom is 0.0360 e. The van der Waals surface area contributed by atoms with Crippen LogP contribution in [0.5, 0.6) is 0 Å². The first kappa shape index (κ1) is 13.6. The molecule has 1 nitrogen and oxygen atoms in total. The molecule has 1 atom stereocenters. The molecule has 0 amide bonds. The zero-order valence-corrected chi connectivity index (χ0v) is 12.7. The highest BCUT2D eigenvalue weighted by Crippen LogP contribution is 2.19. The highest BCUT2D eigenvalue weighted by Gasteiger charge is 2.10. The first-order valence-corrected chi connectivity index (χ1v) is 7.40. The summed E-state index contributed by atoms with van der Waals surface area (Å²) in [6, 6.07) is 19.8. The van der Waals surface area contributed by atoms with Crippen LogP contribution >= 0.6 is 22.6 Å². The highest BCUT2D eigenvalue weighted by molar-refractivity contribution is 14.1. The molecule has 0 bridgehead atoms. The lowest BCUT2D eigenvalue weighted by molar-refractivity contribution is 0.550. The first-order valence-electron chi connectivity index (χ1n) is 6.32. The number of likely N-dealkylation sites (N-methyl/N-ethyl adjacent to an activating group) is 1. The SMILES string of the molecule is CCNC(Cc1ccc(I)cc1)c1ccccc1. The summed E-state index contributed by atoms with van der Waals surface area (Å²) in [4.78, 5) is 0. The predicted molar refractivity (Wildman–Crippen MR) is 85.7 cm³/mol. The van der Waals surface area contributed by atoms with Crippen molar-refractivity contribution in [1.29, 1.82) is 0 Å². The summed E-state index contributed by atoms with van der Waals surface area (Å²) >= 11 is 2.34. The lowest BCUT2D eigenvalue weighted by Crippen LogP contribution is -2.22. The van der Waals surface area contributed by atoms with Crippen LogP contribution in [0.2, 0.25) is 0 Å². The van der Waals surface area contributed by atoms with E-state index in [0.717, 1.165) is 13.0 Å². The molecule has 2 heteroatoms. The van der Waals surface area contributed by atoms with E-state index in [9.17, 15) is 0 Å². The van der Waals surface area contributed by atoms with Crippen LogP contribution in [0.25, 0.3) is 0 Å². The molecule has 0 heterocycles. The van der Waals surface area contributed by atoms with Gasteiger partial charge in [-0.25, -0.2) is 0 Å². The van der Waals surface area contributed by atoms with Crippen molar-refractivity contribution >= 4 is 22.6 Å². The number of rotatable bonds is 5. The Morgan fingerprint density at radius 2 is 1.67 bits per heavy atom. The van der Waals surface area contributed by atoms with Crippen LogP contribution in [0.3, 0.4) is 0 Å². The Morgan fingerprint density at radius 1 is 1.00 bits per heavy atom. The second-order valence-corrected chi connectivity index (χ2v) is 5.60. The van der Waals surface area contributed by atoms with Gasteiger partial charge >= 0.3 is 0 Å². The molecule has 94 valence electrons. The third kappa shape index (κ3) is 3.82. The van der Waals surface area contributed by atoms with Gasteiger partial charge in [0.1, 0.15) is 0 Å². The maximum atomic E-state index is 3.56. The summed E-state index contributed by atoms with van der Waals surface area (Å²) in [7, 11) is 0. The summed E-state index contributed by atoms with van der Waals surface area (Å²) < 4.78 is 1.29. The van der Waals surface area contributed by atoms with E-state index in [1.807, 2.05) is 0 Å². The molecule has 0 fully saturated rings. The van der Waals surface area contributed by atoms with E-state index in [2.05, 4.69) is 89.4 Å². The maximum absolute atomic E-state index is 3.56. The fourth-order valence-electron chi connectivity index (χ4n) is 2.10. The van der Waals surface area contributed by atoms with Gasteiger partial charge in [0.05, 0.1) is 0 Å². The van der Waals surface area contributed by atoms with Gasteiger partial charge in [-0.2, -0.15) is 0 Å². The third-order valence-electron chi connectivity index (χ3n) is 3.01. The summed E-state index contributed by atoms with van der Waals surface area (Å²) in [5, 5.41) is 3.56. The fourth-order valence-corrected chi connectivity index (χ4v) is 2.46. The van der Waals surface area contributed by atoms with E-state index in [1.165, 1.54) is 14.7 Å². The van der Waals surface area contributed by atoms with Crippen LogP contribution in [0.1, 0.15) is 24.1 Å². The van der Waals surface area contributed by atoms with Gasteiger partial charge in [-0.1, -0.05) is 49.4 Å². The first-order chi connectivity index (χ1) is 8.79. The van der Waals surface area contributed by atoms with Gasteiger partial charge in [0, 0.05) is 9.61 Å². The largest absolute Gasteiger partial charge is 0.310 e. The molecule has 0 aliphatic rings. The summed E-state index contributed by atoms with van der Waals surface area (Å²) in [5.41, 5.74) is 2.74. The minimum absolute atomic E-state index is 0.399. The molecule has 2 aromatic rings. The van der Waals surface area contributed by atoms with Crippen molar-refractivity contribution in [3.05, 3.63) is 69.3 Å². The van der Waals surface area contributed by atoms with E-state index in [-0.39, 0.29) is 0 Å². The number of halogens is 1. The molecule has 0 saturated heterocycles. The molecule has 0 aliphatic heterocycles. The standard InChI is InChI=1S/C16H18IN/c1-2-18-16(14-6-4-3-5-7-14)12-13-8-10-15(17)11-9-13/h3-11,16,18H,2,12H2,1H3. The molecule has 1 N–H and O–H groups in total. The van der Waals surface area contributed by atoms with Crippen LogP contribution in [-0.4, -0.2) is 6.54 Å². The Hall–Kier alpha value is -0.870. The quantitative estimate of drug-likeness (QED) is 0.797. The number of benzene rings is 2. The number of hydrogen-bond acceptors (Lipinski definition) is 1. The van der Waals surface area contributed by atoms with Gasteiger partial charge in [-0.3, -0.25) is 0 Å². The fraction of sp³-hybridized carbons (Fsp3) is 0.250. The number of nitrogens with one attached hydrogen (secondary N) is 1. The molecule has 18 heavy (non-hydrogen) atoms. The lowest BCUT2D eigenvalue weighted by Gasteiger charge is -2.18. The van der Waals surface area contributed by atoms with Crippen molar-refractivity contribution in [3.63, 3.8) is 0 Å². The summed E-state index contributed by atoms with van der Waals surface area (Å²) in [6.07, 6.45) is 1.04.